The summed E-state index contributed by atoms with van der Waals surface area (Å²) in [6.07, 6.45) is 0. The first-order chi connectivity index (χ1) is 6.45. The lowest BCUT2D eigenvalue weighted by molar-refractivity contribution is 0.597. The van der Waals surface area contributed by atoms with Crippen molar-refractivity contribution in [1.29, 1.82) is 0 Å². The summed E-state index contributed by atoms with van der Waals surface area (Å²) in [7, 11) is -1.73. The standard InChI is InChI=1S/C9H14N2O2S/c1-7(11-2)8-3-5-9(6-4-8)14(10,12)13/h3-7,11H,1-2H3,(H2,10,12,13)/t7-/m0/s1. The van der Waals surface area contributed by atoms with E-state index in [4.69, 9.17) is 5.14 Å². The lowest BCUT2D eigenvalue weighted by Crippen LogP contribution is -2.14. The van der Waals surface area contributed by atoms with Gasteiger partial charge in [-0.3, -0.25) is 0 Å². The van der Waals surface area contributed by atoms with Crippen LogP contribution >= 0.6 is 0 Å². The molecule has 0 radical (unpaired) electrons. The maximum atomic E-state index is 10.9. The lowest BCUT2D eigenvalue weighted by Gasteiger charge is -2.10. The van der Waals surface area contributed by atoms with Crippen molar-refractivity contribution in [3.63, 3.8) is 0 Å². The molecule has 0 aromatic heterocycles. The number of primary sulfonamides is 1. The van der Waals surface area contributed by atoms with Gasteiger partial charge in [0, 0.05) is 6.04 Å². The Morgan fingerprint density at radius 3 is 2.14 bits per heavy atom. The summed E-state index contributed by atoms with van der Waals surface area (Å²) < 4.78 is 21.9. The monoisotopic (exact) mass is 214 g/mol. The first kappa shape index (κ1) is 11.2. The molecule has 78 valence electrons. The van der Waals surface area contributed by atoms with Crippen molar-refractivity contribution in [2.45, 2.75) is 17.9 Å². The average molecular weight is 214 g/mol. The van der Waals surface area contributed by atoms with Crippen LogP contribution in [0.4, 0.5) is 0 Å². The number of nitrogens with two attached hydrogens (primary N) is 1. The van der Waals surface area contributed by atoms with Crippen LogP contribution in [0.5, 0.6) is 0 Å². The van der Waals surface area contributed by atoms with Crippen LogP contribution in [0.25, 0.3) is 0 Å². The summed E-state index contributed by atoms with van der Waals surface area (Å²) in [6.45, 7) is 1.99. The number of sulfonamides is 1. The Hall–Kier alpha value is -0.910. The van der Waals surface area contributed by atoms with E-state index in [1.54, 1.807) is 12.1 Å². The largest absolute Gasteiger partial charge is 0.313 e. The fourth-order valence-corrected chi connectivity index (χ4v) is 1.63. The summed E-state index contributed by atoms with van der Waals surface area (Å²) in [5, 5.41) is 8.03. The molecule has 0 aliphatic carbocycles. The molecule has 0 heterocycles. The van der Waals surface area contributed by atoms with E-state index >= 15 is 0 Å². The quantitative estimate of drug-likeness (QED) is 0.774. The highest BCUT2D eigenvalue weighted by Crippen LogP contribution is 2.14. The molecule has 0 aliphatic heterocycles. The second-order valence-electron chi connectivity index (χ2n) is 3.12. The van der Waals surface area contributed by atoms with Crippen LogP contribution in [0.3, 0.4) is 0 Å². The maximum Gasteiger partial charge on any atom is 0.238 e. The highest BCUT2D eigenvalue weighted by Gasteiger charge is 2.08. The minimum absolute atomic E-state index is 0.143. The van der Waals surface area contributed by atoms with Crippen molar-refractivity contribution in [2.75, 3.05) is 7.05 Å². The summed E-state index contributed by atoms with van der Waals surface area (Å²) >= 11 is 0. The second-order valence-corrected chi connectivity index (χ2v) is 4.69. The Bertz CT molecular complexity index is 397. The van der Waals surface area contributed by atoms with Crippen LogP contribution in [-0.2, 0) is 10.0 Å². The highest BCUT2D eigenvalue weighted by atomic mass is 32.2. The van der Waals surface area contributed by atoms with Gasteiger partial charge < -0.3 is 5.32 Å². The molecule has 4 nitrogen and oxygen atoms in total. The minimum atomic E-state index is -3.57. The number of hydrogen-bond acceptors (Lipinski definition) is 3. The lowest BCUT2D eigenvalue weighted by atomic mass is 10.1. The zero-order valence-corrected chi connectivity index (χ0v) is 9.01. The fourth-order valence-electron chi connectivity index (χ4n) is 1.11. The maximum absolute atomic E-state index is 10.9. The van der Waals surface area contributed by atoms with Crippen LogP contribution < -0.4 is 10.5 Å². The van der Waals surface area contributed by atoms with Crippen LogP contribution in [0.2, 0.25) is 0 Å². The van der Waals surface area contributed by atoms with Gasteiger partial charge in [-0.05, 0) is 31.7 Å². The zero-order chi connectivity index (χ0) is 10.8. The predicted octanol–water partition coefficient (Wildman–Crippen LogP) is 0.614. The normalized spacial score (nSPS) is 13.9. The average Bonchev–Trinajstić information content (AvgIpc) is 2.15. The van der Waals surface area contributed by atoms with Crippen LogP contribution in [0.1, 0.15) is 18.5 Å². The Kier molecular flexibility index (Phi) is 3.25. The Morgan fingerprint density at radius 1 is 1.29 bits per heavy atom. The molecule has 1 aromatic rings. The molecular weight excluding hydrogens is 200 g/mol. The summed E-state index contributed by atoms with van der Waals surface area (Å²) in [6, 6.07) is 6.73. The number of rotatable bonds is 3. The van der Waals surface area contributed by atoms with Gasteiger partial charge in [0.05, 0.1) is 4.90 Å². The first-order valence-corrected chi connectivity index (χ1v) is 5.80. The van der Waals surface area contributed by atoms with Gasteiger partial charge in [0.15, 0.2) is 0 Å². The molecule has 0 unspecified atom stereocenters. The van der Waals surface area contributed by atoms with Gasteiger partial charge in [-0.1, -0.05) is 12.1 Å². The van der Waals surface area contributed by atoms with Crippen molar-refractivity contribution in [2.24, 2.45) is 5.14 Å². The third kappa shape index (κ3) is 2.54. The van der Waals surface area contributed by atoms with E-state index < -0.39 is 10.0 Å². The minimum Gasteiger partial charge on any atom is -0.313 e. The Morgan fingerprint density at radius 2 is 1.79 bits per heavy atom. The Balaban J connectivity index is 3.01. The van der Waals surface area contributed by atoms with E-state index in [-0.39, 0.29) is 10.9 Å². The first-order valence-electron chi connectivity index (χ1n) is 4.25. The molecule has 5 heteroatoms. The molecule has 1 aromatic carbocycles. The molecule has 0 saturated heterocycles. The smallest absolute Gasteiger partial charge is 0.238 e. The molecule has 0 saturated carbocycles. The topological polar surface area (TPSA) is 72.2 Å². The Labute approximate surface area is 84.2 Å². The van der Waals surface area contributed by atoms with E-state index in [1.165, 1.54) is 12.1 Å². The fraction of sp³-hybridized carbons (Fsp3) is 0.333. The van der Waals surface area contributed by atoms with Crippen LogP contribution in [-0.4, -0.2) is 15.5 Å². The molecule has 0 fully saturated rings. The molecule has 3 N–H and O–H groups in total. The second kappa shape index (κ2) is 4.08. The molecule has 1 atom stereocenters. The molecule has 0 spiro atoms. The molecule has 1 rings (SSSR count). The van der Waals surface area contributed by atoms with E-state index in [0.29, 0.717) is 0 Å². The van der Waals surface area contributed by atoms with Crippen molar-refractivity contribution in [3.8, 4) is 0 Å². The number of hydrogen-bond donors (Lipinski definition) is 2. The highest BCUT2D eigenvalue weighted by molar-refractivity contribution is 7.89. The van der Waals surface area contributed by atoms with Gasteiger partial charge >= 0.3 is 0 Å². The number of benzene rings is 1. The van der Waals surface area contributed by atoms with Crippen molar-refractivity contribution < 1.29 is 8.42 Å². The van der Waals surface area contributed by atoms with Gasteiger partial charge in [-0.15, -0.1) is 0 Å². The van der Waals surface area contributed by atoms with Crippen LogP contribution in [0.15, 0.2) is 29.2 Å². The van der Waals surface area contributed by atoms with Gasteiger partial charge in [-0.25, -0.2) is 13.6 Å². The van der Waals surface area contributed by atoms with E-state index in [0.717, 1.165) is 5.56 Å². The predicted molar refractivity (Wildman–Crippen MR) is 55.3 cm³/mol. The summed E-state index contributed by atoms with van der Waals surface area (Å²) in [4.78, 5) is 0.143. The molecular formula is C9H14N2O2S. The molecule has 0 amide bonds. The van der Waals surface area contributed by atoms with E-state index in [1.807, 2.05) is 14.0 Å². The number of nitrogens with one attached hydrogen (secondary N) is 1. The zero-order valence-electron chi connectivity index (χ0n) is 8.19. The summed E-state index contributed by atoms with van der Waals surface area (Å²) in [5.41, 5.74) is 1.03. The van der Waals surface area contributed by atoms with E-state index in [2.05, 4.69) is 5.32 Å². The van der Waals surface area contributed by atoms with Gasteiger partial charge in [0.25, 0.3) is 0 Å². The summed E-state index contributed by atoms with van der Waals surface area (Å²) in [5.74, 6) is 0. The van der Waals surface area contributed by atoms with Gasteiger partial charge in [0.2, 0.25) is 10.0 Å². The van der Waals surface area contributed by atoms with Gasteiger partial charge in [-0.2, -0.15) is 0 Å². The van der Waals surface area contributed by atoms with Crippen molar-refractivity contribution in [3.05, 3.63) is 29.8 Å². The van der Waals surface area contributed by atoms with Crippen LogP contribution in [0, 0.1) is 0 Å². The third-order valence-corrected chi connectivity index (χ3v) is 3.07. The molecule has 14 heavy (non-hydrogen) atoms. The van der Waals surface area contributed by atoms with Crippen molar-refractivity contribution in [1.82, 2.24) is 5.32 Å². The SMILES string of the molecule is CN[C@@H](C)c1ccc(S(N)(=O)=O)cc1. The van der Waals surface area contributed by atoms with E-state index in [9.17, 15) is 8.42 Å². The van der Waals surface area contributed by atoms with Crippen molar-refractivity contribution >= 4 is 10.0 Å². The molecule has 0 bridgehead atoms. The third-order valence-electron chi connectivity index (χ3n) is 2.14. The molecule has 0 aliphatic rings. The van der Waals surface area contributed by atoms with Gasteiger partial charge in [0.1, 0.15) is 0 Å².